The van der Waals surface area contributed by atoms with Gasteiger partial charge in [0.2, 0.25) is 0 Å². The van der Waals surface area contributed by atoms with Crippen molar-refractivity contribution in [3.05, 3.63) is 35.8 Å². The molecule has 1 aromatic heterocycles. The van der Waals surface area contributed by atoms with Crippen molar-refractivity contribution in [2.24, 2.45) is 0 Å². The third-order valence-corrected chi connectivity index (χ3v) is 2.42. The van der Waals surface area contributed by atoms with E-state index >= 15 is 0 Å². The second-order valence-corrected chi connectivity index (χ2v) is 3.61. The summed E-state index contributed by atoms with van der Waals surface area (Å²) >= 11 is 0. The van der Waals surface area contributed by atoms with E-state index in [4.69, 9.17) is 9.84 Å². The van der Waals surface area contributed by atoms with E-state index in [-0.39, 0.29) is 6.61 Å². The van der Waals surface area contributed by atoms with Crippen molar-refractivity contribution in [1.29, 1.82) is 0 Å². The van der Waals surface area contributed by atoms with Gasteiger partial charge in [0, 0.05) is 5.56 Å². The number of hydrogen-bond acceptors (Lipinski definition) is 3. The maximum atomic E-state index is 8.95. The van der Waals surface area contributed by atoms with Gasteiger partial charge in [0.15, 0.2) is 0 Å². The van der Waals surface area contributed by atoms with Crippen molar-refractivity contribution >= 4 is 0 Å². The quantitative estimate of drug-likeness (QED) is 0.827. The van der Waals surface area contributed by atoms with Crippen LogP contribution in [0.3, 0.4) is 0 Å². The van der Waals surface area contributed by atoms with Crippen LogP contribution < -0.4 is 4.74 Å². The third-order valence-electron chi connectivity index (χ3n) is 2.42. The molecule has 2 aromatic rings. The second-order valence-electron chi connectivity index (χ2n) is 3.61. The van der Waals surface area contributed by atoms with Gasteiger partial charge in [-0.2, -0.15) is 0 Å². The van der Waals surface area contributed by atoms with Crippen molar-refractivity contribution in [1.82, 2.24) is 9.97 Å². The zero-order valence-corrected chi connectivity index (χ0v) is 9.32. The fraction of sp³-hybridized carbons (Fsp3) is 0.250. The topological polar surface area (TPSA) is 58.1 Å². The lowest BCUT2D eigenvalue weighted by molar-refractivity contribution is 0.272. The summed E-state index contributed by atoms with van der Waals surface area (Å²) < 4.78 is 5.29. The summed E-state index contributed by atoms with van der Waals surface area (Å²) in [6, 6.07) is 5.93. The van der Waals surface area contributed by atoms with E-state index in [9.17, 15) is 0 Å². The number of nitrogens with zero attached hydrogens (tertiary/aromatic N) is 1. The zero-order valence-electron chi connectivity index (χ0n) is 9.32. The van der Waals surface area contributed by atoms with Crippen LogP contribution in [0, 0.1) is 6.92 Å². The maximum absolute atomic E-state index is 8.95. The lowest BCUT2D eigenvalue weighted by Crippen LogP contribution is -1.90. The molecule has 16 heavy (non-hydrogen) atoms. The molecular weight excluding hydrogens is 204 g/mol. The molecule has 0 radical (unpaired) electrons. The molecule has 0 aliphatic rings. The fourth-order valence-electron chi connectivity index (χ4n) is 1.61. The molecular formula is C12H14N2O2. The first-order valence-electron chi connectivity index (χ1n) is 5.04. The van der Waals surface area contributed by atoms with Crippen molar-refractivity contribution in [2.75, 3.05) is 7.11 Å². The first-order chi connectivity index (χ1) is 7.74. The van der Waals surface area contributed by atoms with Gasteiger partial charge < -0.3 is 14.8 Å². The monoisotopic (exact) mass is 218 g/mol. The minimum atomic E-state index is -0.0892. The first-order valence-corrected chi connectivity index (χ1v) is 5.04. The Balaban J connectivity index is 2.49. The summed E-state index contributed by atoms with van der Waals surface area (Å²) in [5, 5.41) is 8.95. The molecule has 2 N–H and O–H groups in total. The van der Waals surface area contributed by atoms with Crippen LogP contribution in [0.4, 0.5) is 0 Å². The first kappa shape index (κ1) is 10.7. The van der Waals surface area contributed by atoms with Gasteiger partial charge in [-0.25, -0.2) is 4.98 Å². The molecule has 1 heterocycles. The third kappa shape index (κ3) is 1.92. The second kappa shape index (κ2) is 4.37. The van der Waals surface area contributed by atoms with Crippen LogP contribution in [-0.2, 0) is 6.61 Å². The van der Waals surface area contributed by atoms with Crippen LogP contribution in [0.5, 0.6) is 5.75 Å². The highest BCUT2D eigenvalue weighted by atomic mass is 16.5. The Bertz CT molecular complexity index is 492. The van der Waals surface area contributed by atoms with E-state index < -0.39 is 0 Å². The Kier molecular flexibility index (Phi) is 2.92. The zero-order chi connectivity index (χ0) is 11.5. The molecule has 2 rings (SSSR count). The Morgan fingerprint density at radius 3 is 2.88 bits per heavy atom. The summed E-state index contributed by atoms with van der Waals surface area (Å²) in [7, 11) is 1.64. The van der Waals surface area contributed by atoms with Crippen LogP contribution in [0.1, 0.15) is 11.4 Å². The summed E-state index contributed by atoms with van der Waals surface area (Å²) in [5.41, 5.74) is 2.95. The van der Waals surface area contributed by atoms with Gasteiger partial charge in [-0.05, 0) is 19.1 Å². The van der Waals surface area contributed by atoms with E-state index in [0.29, 0.717) is 5.82 Å². The number of hydrogen-bond donors (Lipinski definition) is 2. The molecule has 4 nitrogen and oxygen atoms in total. The SMILES string of the molecule is COc1ccc(C)cc1-c1cnc(CO)[nH]1. The van der Waals surface area contributed by atoms with E-state index in [1.807, 2.05) is 25.1 Å². The van der Waals surface area contributed by atoms with E-state index in [0.717, 1.165) is 22.6 Å². The largest absolute Gasteiger partial charge is 0.496 e. The molecule has 0 fully saturated rings. The van der Waals surface area contributed by atoms with Gasteiger partial charge in [0.25, 0.3) is 0 Å². The molecule has 0 saturated heterocycles. The van der Waals surface area contributed by atoms with Gasteiger partial charge in [-0.15, -0.1) is 0 Å². The molecule has 0 aliphatic heterocycles. The number of aliphatic hydroxyl groups is 1. The maximum Gasteiger partial charge on any atom is 0.132 e. The number of aryl methyl sites for hydroxylation is 1. The predicted molar refractivity (Wildman–Crippen MR) is 61.2 cm³/mol. The molecule has 0 amide bonds. The Hall–Kier alpha value is -1.81. The fourth-order valence-corrected chi connectivity index (χ4v) is 1.61. The average molecular weight is 218 g/mol. The highest BCUT2D eigenvalue weighted by Crippen LogP contribution is 2.29. The number of aromatic nitrogens is 2. The highest BCUT2D eigenvalue weighted by Gasteiger charge is 2.08. The highest BCUT2D eigenvalue weighted by molar-refractivity contribution is 5.67. The van der Waals surface area contributed by atoms with Crippen LogP contribution >= 0.6 is 0 Å². The molecule has 0 unspecified atom stereocenters. The standard InChI is InChI=1S/C12H14N2O2/c1-8-3-4-11(16-2)9(5-8)10-6-13-12(7-15)14-10/h3-6,15H,7H2,1-2H3,(H,13,14). The summed E-state index contributed by atoms with van der Waals surface area (Å²) in [4.78, 5) is 7.09. The molecule has 0 saturated carbocycles. The molecule has 0 atom stereocenters. The van der Waals surface area contributed by atoms with Gasteiger partial charge in [0.05, 0.1) is 19.0 Å². The lowest BCUT2D eigenvalue weighted by Gasteiger charge is -2.07. The van der Waals surface area contributed by atoms with Crippen LogP contribution in [0.15, 0.2) is 24.4 Å². The van der Waals surface area contributed by atoms with E-state index in [1.165, 1.54) is 0 Å². The lowest BCUT2D eigenvalue weighted by atomic mass is 10.1. The number of rotatable bonds is 3. The van der Waals surface area contributed by atoms with E-state index in [2.05, 4.69) is 9.97 Å². The molecule has 4 heteroatoms. The summed E-state index contributed by atoms with van der Waals surface area (Å²) in [6.07, 6.45) is 1.70. The normalized spacial score (nSPS) is 10.4. The molecule has 0 bridgehead atoms. The molecule has 1 aromatic carbocycles. The molecule has 0 aliphatic carbocycles. The number of imidazole rings is 1. The van der Waals surface area contributed by atoms with Gasteiger partial charge in [-0.1, -0.05) is 11.6 Å². The number of methoxy groups -OCH3 is 1. The molecule has 84 valence electrons. The van der Waals surface area contributed by atoms with Crippen molar-refractivity contribution in [3.63, 3.8) is 0 Å². The minimum Gasteiger partial charge on any atom is -0.496 e. The Morgan fingerprint density at radius 2 is 2.25 bits per heavy atom. The number of nitrogens with one attached hydrogen (secondary N) is 1. The van der Waals surface area contributed by atoms with Gasteiger partial charge in [-0.3, -0.25) is 0 Å². The number of ether oxygens (including phenoxy) is 1. The summed E-state index contributed by atoms with van der Waals surface area (Å²) in [5.74, 6) is 1.34. The minimum absolute atomic E-state index is 0.0892. The number of aromatic amines is 1. The number of H-pyrrole nitrogens is 1. The smallest absolute Gasteiger partial charge is 0.132 e. The average Bonchev–Trinajstić information content (AvgIpc) is 2.77. The van der Waals surface area contributed by atoms with Gasteiger partial charge >= 0.3 is 0 Å². The number of benzene rings is 1. The predicted octanol–water partition coefficient (Wildman–Crippen LogP) is 1.89. The Labute approximate surface area is 93.9 Å². The number of aliphatic hydroxyl groups excluding tert-OH is 1. The van der Waals surface area contributed by atoms with Crippen molar-refractivity contribution in [2.45, 2.75) is 13.5 Å². The van der Waals surface area contributed by atoms with Gasteiger partial charge in [0.1, 0.15) is 18.2 Å². The summed E-state index contributed by atoms with van der Waals surface area (Å²) in [6.45, 7) is 1.93. The Morgan fingerprint density at radius 1 is 1.44 bits per heavy atom. The van der Waals surface area contributed by atoms with E-state index in [1.54, 1.807) is 13.3 Å². The van der Waals surface area contributed by atoms with Crippen molar-refractivity contribution < 1.29 is 9.84 Å². The van der Waals surface area contributed by atoms with Crippen LogP contribution in [-0.4, -0.2) is 22.2 Å². The van der Waals surface area contributed by atoms with Crippen LogP contribution in [0.2, 0.25) is 0 Å². The van der Waals surface area contributed by atoms with Crippen molar-refractivity contribution in [3.8, 4) is 17.0 Å². The van der Waals surface area contributed by atoms with Crippen LogP contribution in [0.25, 0.3) is 11.3 Å². The molecule has 0 spiro atoms.